The van der Waals surface area contributed by atoms with E-state index in [0.29, 0.717) is 28.6 Å². The van der Waals surface area contributed by atoms with Crippen molar-refractivity contribution in [1.29, 1.82) is 5.26 Å². The van der Waals surface area contributed by atoms with Gasteiger partial charge in [0.15, 0.2) is 0 Å². The number of hydrogen-bond acceptors (Lipinski definition) is 7. The van der Waals surface area contributed by atoms with E-state index in [0.717, 1.165) is 76.9 Å². The predicted octanol–water partition coefficient (Wildman–Crippen LogP) is 5.32. The summed E-state index contributed by atoms with van der Waals surface area (Å²) in [6.07, 6.45) is 9.16. The van der Waals surface area contributed by atoms with Crippen LogP contribution in [0.25, 0.3) is 0 Å². The van der Waals surface area contributed by atoms with E-state index in [1.807, 2.05) is 18.2 Å². The minimum absolute atomic E-state index is 0.198. The molecule has 3 aromatic rings. The van der Waals surface area contributed by atoms with E-state index >= 15 is 0 Å². The highest BCUT2D eigenvalue weighted by Gasteiger charge is 2.51. The molecule has 2 saturated heterocycles. The summed E-state index contributed by atoms with van der Waals surface area (Å²) in [4.78, 5) is 9.37. The van der Waals surface area contributed by atoms with Crippen molar-refractivity contribution in [3.8, 4) is 6.07 Å². The number of aliphatic hydroxyl groups is 1. The van der Waals surface area contributed by atoms with E-state index < -0.39 is 15.3 Å². The molecule has 1 aromatic heterocycles. The molecule has 0 bridgehead atoms. The predicted molar refractivity (Wildman–Crippen MR) is 167 cm³/mol. The molecule has 3 atom stereocenters. The zero-order valence-electron chi connectivity index (χ0n) is 24.8. The smallest absolute Gasteiger partial charge is 0.206 e. The van der Waals surface area contributed by atoms with Gasteiger partial charge in [-0.25, -0.2) is 8.42 Å². The lowest BCUT2D eigenvalue weighted by Gasteiger charge is -2.48. The highest BCUT2D eigenvalue weighted by atomic mass is 32.2. The molecular weight excluding hydrogens is 556 g/mol. The van der Waals surface area contributed by atoms with Crippen LogP contribution in [0.5, 0.6) is 0 Å². The number of benzene rings is 2. The van der Waals surface area contributed by atoms with Gasteiger partial charge in [-0.2, -0.15) is 5.26 Å². The second-order valence-corrected chi connectivity index (χ2v) is 14.6. The number of aliphatic hydroxyl groups excluding tert-OH is 1. The molecule has 1 saturated carbocycles. The molecule has 2 unspecified atom stereocenters. The third kappa shape index (κ3) is 5.83. The number of aromatic nitrogens is 1. The number of piperidine rings is 1. The monoisotopic (exact) mass is 598 g/mol. The van der Waals surface area contributed by atoms with Crippen LogP contribution in [0.2, 0.25) is 0 Å². The van der Waals surface area contributed by atoms with Gasteiger partial charge in [0.1, 0.15) is 0 Å². The Morgan fingerprint density at radius 1 is 0.907 bits per heavy atom. The molecule has 8 heteroatoms. The van der Waals surface area contributed by atoms with Gasteiger partial charge in [-0.1, -0.05) is 43.2 Å². The summed E-state index contributed by atoms with van der Waals surface area (Å²) < 4.78 is 25.8. The highest BCUT2D eigenvalue weighted by Crippen LogP contribution is 2.53. The van der Waals surface area contributed by atoms with Gasteiger partial charge in [-0.3, -0.25) is 4.98 Å². The van der Waals surface area contributed by atoms with Crippen LogP contribution in [0.4, 0.5) is 5.69 Å². The number of nitrogens with zero attached hydrogens (tertiary/aromatic N) is 4. The Morgan fingerprint density at radius 2 is 1.58 bits per heavy atom. The summed E-state index contributed by atoms with van der Waals surface area (Å²) in [5, 5.41) is 20.6. The van der Waals surface area contributed by atoms with E-state index in [1.54, 1.807) is 12.1 Å². The Bertz CT molecular complexity index is 1500. The lowest BCUT2D eigenvalue weighted by molar-refractivity contribution is 0.0856. The fourth-order valence-corrected chi connectivity index (χ4v) is 9.42. The topological polar surface area (TPSA) is 97.5 Å². The Labute approximate surface area is 256 Å². The van der Waals surface area contributed by atoms with E-state index in [2.05, 4.69) is 45.1 Å². The third-order valence-electron chi connectivity index (χ3n) is 10.4. The van der Waals surface area contributed by atoms with Crippen LogP contribution in [0.1, 0.15) is 44.1 Å². The minimum Gasteiger partial charge on any atom is -0.396 e. The molecule has 1 N–H and O–H groups in total. The Balaban J connectivity index is 1.06. The number of hydrogen-bond donors (Lipinski definition) is 1. The molecule has 0 radical (unpaired) electrons. The first kappa shape index (κ1) is 29.8. The number of nitriles is 1. The summed E-state index contributed by atoms with van der Waals surface area (Å²) in [7, 11) is -3.54. The first-order chi connectivity index (χ1) is 21.0. The zero-order chi connectivity index (χ0) is 29.9. The average molecular weight is 599 g/mol. The van der Waals surface area contributed by atoms with Crippen LogP contribution >= 0.6 is 0 Å². The van der Waals surface area contributed by atoms with Crippen LogP contribution < -0.4 is 4.90 Å². The van der Waals surface area contributed by atoms with E-state index in [-0.39, 0.29) is 11.5 Å². The fourth-order valence-electron chi connectivity index (χ4n) is 8.17. The maximum Gasteiger partial charge on any atom is 0.206 e. The highest BCUT2D eigenvalue weighted by molar-refractivity contribution is 7.91. The SMILES string of the molecule is N#CC(c1ccccc1)(C1CCN(CC2CN(c3ccc(S(=O)(=O)c4ccncc4)cc3)C2)CC1)C1CCC[C@@H]1CCO. The molecule has 0 amide bonds. The molecule has 2 aliphatic heterocycles. The van der Waals surface area contributed by atoms with Gasteiger partial charge in [0.25, 0.3) is 0 Å². The van der Waals surface area contributed by atoms with Gasteiger partial charge in [0.05, 0.1) is 21.3 Å². The lowest BCUT2D eigenvalue weighted by Crippen LogP contribution is -2.54. The number of likely N-dealkylation sites (tertiary alicyclic amines) is 1. The number of pyridine rings is 1. The fraction of sp³-hybridized carbons (Fsp3) is 0.486. The molecule has 1 aliphatic carbocycles. The van der Waals surface area contributed by atoms with Crippen molar-refractivity contribution in [3.63, 3.8) is 0 Å². The van der Waals surface area contributed by atoms with Crippen molar-refractivity contribution in [1.82, 2.24) is 9.88 Å². The molecule has 6 rings (SSSR count). The van der Waals surface area contributed by atoms with Gasteiger partial charge in [-0.05, 0) is 98.5 Å². The number of sulfone groups is 1. The van der Waals surface area contributed by atoms with Crippen LogP contribution in [0, 0.1) is 35.0 Å². The second kappa shape index (κ2) is 12.8. The van der Waals surface area contributed by atoms with E-state index in [9.17, 15) is 18.8 Å². The maximum absolute atomic E-state index is 12.9. The van der Waals surface area contributed by atoms with Gasteiger partial charge in [-0.15, -0.1) is 0 Å². The molecule has 3 aliphatic rings. The average Bonchev–Trinajstić information content (AvgIpc) is 3.50. The minimum atomic E-state index is -3.54. The van der Waals surface area contributed by atoms with Gasteiger partial charge in [0.2, 0.25) is 9.84 Å². The standard InChI is InChI=1S/C35H42N4O3S/c36-26-35(29-6-2-1-3-7-29,34-8-4-5-28(34)17-22-40)30-15-20-38(21-16-30)23-27-24-39(25-27)31-9-11-32(12-10-31)43(41,42)33-13-18-37-19-14-33/h1-3,6-7,9-14,18-19,27-28,30,34,40H,4-5,8,15-17,20-25H2/t28-,34?,35?/m1/s1. The third-order valence-corrected chi connectivity index (χ3v) is 12.1. The molecule has 3 fully saturated rings. The van der Waals surface area contributed by atoms with Gasteiger partial charge >= 0.3 is 0 Å². The molecule has 43 heavy (non-hydrogen) atoms. The Kier molecular flexibility index (Phi) is 8.85. The summed E-state index contributed by atoms with van der Waals surface area (Å²) in [5.41, 5.74) is 1.73. The quantitative estimate of drug-likeness (QED) is 0.337. The summed E-state index contributed by atoms with van der Waals surface area (Å²) in [5.74, 6) is 1.61. The zero-order valence-corrected chi connectivity index (χ0v) is 25.6. The molecule has 0 spiro atoms. The van der Waals surface area contributed by atoms with Crippen molar-refractivity contribution in [3.05, 3.63) is 84.7 Å². The summed E-state index contributed by atoms with van der Waals surface area (Å²) >= 11 is 0. The van der Waals surface area contributed by atoms with Crippen molar-refractivity contribution in [2.75, 3.05) is 44.2 Å². The summed E-state index contributed by atoms with van der Waals surface area (Å²) in [6.45, 7) is 5.20. The number of anilines is 1. The van der Waals surface area contributed by atoms with Crippen molar-refractivity contribution < 1.29 is 13.5 Å². The first-order valence-electron chi connectivity index (χ1n) is 15.8. The maximum atomic E-state index is 12.9. The lowest BCUT2D eigenvalue weighted by atomic mass is 9.58. The van der Waals surface area contributed by atoms with Crippen LogP contribution in [0.15, 0.2) is 88.9 Å². The van der Waals surface area contributed by atoms with E-state index in [1.165, 1.54) is 30.1 Å². The van der Waals surface area contributed by atoms with Gasteiger partial charge in [0, 0.05) is 50.2 Å². The molecule has 3 heterocycles. The Hall–Kier alpha value is -3.25. The Morgan fingerprint density at radius 3 is 2.23 bits per heavy atom. The van der Waals surface area contributed by atoms with Crippen LogP contribution in [-0.2, 0) is 15.3 Å². The first-order valence-corrected chi connectivity index (χ1v) is 17.2. The van der Waals surface area contributed by atoms with Crippen LogP contribution in [0.3, 0.4) is 0 Å². The summed E-state index contributed by atoms with van der Waals surface area (Å²) in [6, 6.07) is 23.7. The molecule has 226 valence electrons. The van der Waals surface area contributed by atoms with E-state index in [4.69, 9.17) is 0 Å². The largest absolute Gasteiger partial charge is 0.396 e. The second-order valence-electron chi connectivity index (χ2n) is 12.7. The van der Waals surface area contributed by atoms with Gasteiger partial charge < -0.3 is 14.9 Å². The molecular formula is C35H42N4O3S. The van der Waals surface area contributed by atoms with Crippen molar-refractivity contribution in [2.45, 2.75) is 53.7 Å². The normalized spacial score (nSPS) is 23.4. The van der Waals surface area contributed by atoms with Crippen molar-refractivity contribution in [2.24, 2.45) is 23.7 Å². The molecule has 7 nitrogen and oxygen atoms in total. The number of rotatable bonds is 10. The van der Waals surface area contributed by atoms with Crippen molar-refractivity contribution >= 4 is 15.5 Å². The molecule has 2 aromatic carbocycles. The van der Waals surface area contributed by atoms with Crippen LogP contribution in [-0.4, -0.2) is 62.7 Å².